The molecule has 6 heteroatoms. The Morgan fingerprint density at radius 2 is 2.28 bits per heavy atom. The lowest BCUT2D eigenvalue weighted by atomic mass is 10.2. The first kappa shape index (κ1) is 13.1. The minimum absolute atomic E-state index is 0.207. The van der Waals surface area contributed by atoms with Crippen LogP contribution in [0.1, 0.15) is 32.0 Å². The zero-order chi connectivity index (χ0) is 13.3. The monoisotopic (exact) mass is 267 g/mol. The van der Waals surface area contributed by atoms with Crippen molar-refractivity contribution in [2.45, 2.75) is 38.1 Å². The van der Waals surface area contributed by atoms with E-state index < -0.39 is 15.3 Å². The van der Waals surface area contributed by atoms with Gasteiger partial charge in [0, 0.05) is 25.0 Å². The summed E-state index contributed by atoms with van der Waals surface area (Å²) in [4.78, 5) is 0. The van der Waals surface area contributed by atoms with Crippen molar-refractivity contribution in [3.8, 4) is 6.07 Å². The van der Waals surface area contributed by atoms with Crippen LogP contribution in [0.2, 0.25) is 0 Å². The van der Waals surface area contributed by atoms with Crippen LogP contribution in [0.15, 0.2) is 18.3 Å². The Kier molecular flexibility index (Phi) is 3.46. The SMILES string of the molecule is CCC(C#N)S(=O)(=O)N1CCn2cccc2C1C. The van der Waals surface area contributed by atoms with E-state index in [2.05, 4.69) is 4.57 Å². The number of hydrogen-bond donors (Lipinski definition) is 0. The third kappa shape index (κ3) is 1.93. The molecule has 1 aliphatic heterocycles. The maximum atomic E-state index is 12.4. The first-order chi connectivity index (χ1) is 8.52. The van der Waals surface area contributed by atoms with Gasteiger partial charge in [-0.05, 0) is 25.5 Å². The van der Waals surface area contributed by atoms with Gasteiger partial charge in [-0.1, -0.05) is 6.92 Å². The molecule has 2 atom stereocenters. The zero-order valence-corrected chi connectivity index (χ0v) is 11.4. The van der Waals surface area contributed by atoms with E-state index in [9.17, 15) is 8.42 Å². The van der Waals surface area contributed by atoms with Gasteiger partial charge in [0.05, 0.1) is 12.1 Å². The van der Waals surface area contributed by atoms with Crippen LogP contribution >= 0.6 is 0 Å². The van der Waals surface area contributed by atoms with Gasteiger partial charge in [-0.3, -0.25) is 0 Å². The van der Waals surface area contributed by atoms with E-state index in [-0.39, 0.29) is 6.04 Å². The van der Waals surface area contributed by atoms with E-state index in [1.54, 1.807) is 6.92 Å². The van der Waals surface area contributed by atoms with Gasteiger partial charge < -0.3 is 4.57 Å². The fourth-order valence-electron chi connectivity index (χ4n) is 2.44. The third-order valence-electron chi connectivity index (χ3n) is 3.49. The second kappa shape index (κ2) is 4.75. The molecule has 98 valence electrons. The standard InChI is InChI=1S/C12H17N3O2S/c1-3-11(9-13)18(16,17)15-8-7-14-6-4-5-12(14)10(15)2/h4-6,10-11H,3,7-8H2,1-2H3. The van der Waals surface area contributed by atoms with E-state index in [1.165, 1.54) is 4.31 Å². The van der Waals surface area contributed by atoms with Gasteiger partial charge in [-0.25, -0.2) is 8.42 Å². The maximum Gasteiger partial charge on any atom is 0.231 e. The van der Waals surface area contributed by atoms with E-state index in [4.69, 9.17) is 5.26 Å². The number of nitriles is 1. The summed E-state index contributed by atoms with van der Waals surface area (Å²) in [5.41, 5.74) is 0.984. The minimum atomic E-state index is -3.54. The van der Waals surface area contributed by atoms with Crippen LogP contribution in [-0.4, -0.2) is 29.1 Å². The minimum Gasteiger partial charge on any atom is -0.349 e. The molecule has 0 aliphatic carbocycles. The van der Waals surface area contributed by atoms with E-state index in [0.717, 1.165) is 5.69 Å². The molecule has 2 unspecified atom stereocenters. The molecule has 2 rings (SSSR count). The number of nitrogens with zero attached hydrogens (tertiary/aromatic N) is 3. The summed E-state index contributed by atoms with van der Waals surface area (Å²) in [7, 11) is -3.54. The summed E-state index contributed by atoms with van der Waals surface area (Å²) in [5, 5.41) is 8.03. The second-order valence-electron chi connectivity index (χ2n) is 4.48. The van der Waals surface area contributed by atoms with E-state index in [0.29, 0.717) is 19.5 Å². The normalized spacial score (nSPS) is 22.2. The molecule has 0 bridgehead atoms. The Bertz CT molecular complexity index is 570. The number of aromatic nitrogens is 1. The van der Waals surface area contributed by atoms with Crippen molar-refractivity contribution < 1.29 is 8.42 Å². The van der Waals surface area contributed by atoms with Gasteiger partial charge in [-0.15, -0.1) is 0 Å². The van der Waals surface area contributed by atoms with Gasteiger partial charge in [0.15, 0.2) is 5.25 Å². The highest BCUT2D eigenvalue weighted by Crippen LogP contribution is 2.29. The molecule has 0 aromatic carbocycles. The van der Waals surface area contributed by atoms with Gasteiger partial charge in [0.1, 0.15) is 0 Å². The molecule has 18 heavy (non-hydrogen) atoms. The Hall–Kier alpha value is -1.32. The summed E-state index contributed by atoms with van der Waals surface area (Å²) in [5.74, 6) is 0. The molecule has 0 fully saturated rings. The lowest BCUT2D eigenvalue weighted by Gasteiger charge is -2.34. The van der Waals surface area contributed by atoms with Crippen LogP contribution in [0, 0.1) is 11.3 Å². The van der Waals surface area contributed by atoms with Crippen molar-refractivity contribution in [1.29, 1.82) is 5.26 Å². The van der Waals surface area contributed by atoms with Gasteiger partial charge in [0.2, 0.25) is 10.0 Å². The molecule has 0 saturated heterocycles. The molecule has 1 aromatic rings. The van der Waals surface area contributed by atoms with Crippen LogP contribution in [0.3, 0.4) is 0 Å². The molecule has 1 aromatic heterocycles. The van der Waals surface area contributed by atoms with Crippen LogP contribution in [-0.2, 0) is 16.6 Å². The topological polar surface area (TPSA) is 66.1 Å². The molecular formula is C12H17N3O2S. The first-order valence-electron chi connectivity index (χ1n) is 6.07. The highest BCUT2D eigenvalue weighted by molar-refractivity contribution is 7.90. The van der Waals surface area contributed by atoms with Crippen molar-refractivity contribution >= 4 is 10.0 Å². The Morgan fingerprint density at radius 1 is 1.56 bits per heavy atom. The Balaban J connectivity index is 2.35. The van der Waals surface area contributed by atoms with Crippen LogP contribution < -0.4 is 0 Å². The van der Waals surface area contributed by atoms with Crippen molar-refractivity contribution in [2.75, 3.05) is 6.54 Å². The lowest BCUT2D eigenvalue weighted by Crippen LogP contribution is -2.44. The summed E-state index contributed by atoms with van der Waals surface area (Å²) in [6.07, 6.45) is 2.28. The zero-order valence-electron chi connectivity index (χ0n) is 10.6. The average Bonchev–Trinajstić information content (AvgIpc) is 2.79. The lowest BCUT2D eigenvalue weighted by molar-refractivity contribution is 0.280. The number of sulfonamides is 1. The van der Waals surface area contributed by atoms with Crippen LogP contribution in [0.4, 0.5) is 0 Å². The molecule has 5 nitrogen and oxygen atoms in total. The number of fused-ring (bicyclic) bond motifs is 1. The predicted molar refractivity (Wildman–Crippen MR) is 68.2 cm³/mol. The fourth-order valence-corrected chi connectivity index (χ4v) is 4.20. The predicted octanol–water partition coefficient (Wildman–Crippen LogP) is 1.50. The molecule has 0 amide bonds. The van der Waals surface area contributed by atoms with Gasteiger partial charge in [0.25, 0.3) is 0 Å². The molecular weight excluding hydrogens is 250 g/mol. The van der Waals surface area contributed by atoms with Crippen molar-refractivity contribution in [3.63, 3.8) is 0 Å². The highest BCUT2D eigenvalue weighted by atomic mass is 32.2. The van der Waals surface area contributed by atoms with Gasteiger partial charge >= 0.3 is 0 Å². The molecule has 0 N–H and O–H groups in total. The van der Waals surface area contributed by atoms with Crippen molar-refractivity contribution in [1.82, 2.24) is 8.87 Å². The van der Waals surface area contributed by atoms with Crippen LogP contribution in [0.5, 0.6) is 0 Å². The maximum absolute atomic E-state index is 12.4. The Labute approximate surface area is 108 Å². The summed E-state index contributed by atoms with van der Waals surface area (Å²) in [6.45, 7) is 4.67. The molecule has 0 saturated carbocycles. The molecule has 2 heterocycles. The van der Waals surface area contributed by atoms with Crippen LogP contribution in [0.25, 0.3) is 0 Å². The number of rotatable bonds is 3. The molecule has 0 radical (unpaired) electrons. The van der Waals surface area contributed by atoms with Crippen molar-refractivity contribution in [3.05, 3.63) is 24.0 Å². The highest BCUT2D eigenvalue weighted by Gasteiger charge is 2.37. The summed E-state index contributed by atoms with van der Waals surface area (Å²) < 4.78 is 28.3. The first-order valence-corrected chi connectivity index (χ1v) is 7.58. The van der Waals surface area contributed by atoms with Gasteiger partial charge in [-0.2, -0.15) is 9.57 Å². The molecule has 1 aliphatic rings. The van der Waals surface area contributed by atoms with E-state index in [1.807, 2.05) is 31.3 Å². The third-order valence-corrected chi connectivity index (χ3v) is 5.80. The second-order valence-corrected chi connectivity index (χ2v) is 6.55. The smallest absolute Gasteiger partial charge is 0.231 e. The molecule has 0 spiro atoms. The quantitative estimate of drug-likeness (QED) is 0.833. The summed E-state index contributed by atoms with van der Waals surface area (Å²) >= 11 is 0. The summed E-state index contributed by atoms with van der Waals surface area (Å²) in [6, 6.07) is 5.53. The van der Waals surface area contributed by atoms with E-state index >= 15 is 0 Å². The fraction of sp³-hybridized carbons (Fsp3) is 0.583. The van der Waals surface area contributed by atoms with Crippen molar-refractivity contribution in [2.24, 2.45) is 0 Å². The largest absolute Gasteiger partial charge is 0.349 e. The Morgan fingerprint density at radius 3 is 2.89 bits per heavy atom. The number of hydrogen-bond acceptors (Lipinski definition) is 3. The average molecular weight is 267 g/mol.